The maximum Gasteiger partial charge on any atom is 0.272 e. The number of carbonyl (C=O) groups excluding carboxylic acids is 3. The molecule has 242 valence electrons. The quantitative estimate of drug-likeness (QED) is 0.0908. The zero-order valence-corrected chi connectivity index (χ0v) is 28.0. The van der Waals surface area contributed by atoms with E-state index in [1.54, 1.807) is 60.7 Å². The van der Waals surface area contributed by atoms with Gasteiger partial charge >= 0.3 is 0 Å². The average molecular weight is 676 g/mol. The van der Waals surface area contributed by atoms with E-state index < -0.39 is 17.1 Å². The van der Waals surface area contributed by atoms with E-state index >= 15 is 0 Å². The van der Waals surface area contributed by atoms with Crippen molar-refractivity contribution in [3.63, 3.8) is 0 Å². The SMILES string of the molecule is Cc1ccc(Cl)cc1NC(=O)C(C)Sc1cccc(NC(=O)/C(=C\c2ccc(OCc3ccccc3)cc2)NC(=O)c2ccccc2)c1. The van der Waals surface area contributed by atoms with Crippen LogP contribution in [0.25, 0.3) is 6.08 Å². The number of halogens is 1. The lowest BCUT2D eigenvalue weighted by Gasteiger charge is -2.15. The summed E-state index contributed by atoms with van der Waals surface area (Å²) in [5, 5.41) is 8.70. The highest BCUT2D eigenvalue weighted by molar-refractivity contribution is 8.00. The fraction of sp³-hybridized carbons (Fsp3) is 0.103. The van der Waals surface area contributed by atoms with Gasteiger partial charge in [0.15, 0.2) is 0 Å². The van der Waals surface area contributed by atoms with Crippen molar-refractivity contribution in [3.8, 4) is 5.75 Å². The van der Waals surface area contributed by atoms with Crippen LogP contribution in [0.2, 0.25) is 5.02 Å². The highest BCUT2D eigenvalue weighted by atomic mass is 35.5. The number of hydrogen-bond donors (Lipinski definition) is 3. The van der Waals surface area contributed by atoms with Crippen molar-refractivity contribution in [1.29, 1.82) is 0 Å². The van der Waals surface area contributed by atoms with Gasteiger partial charge in [-0.25, -0.2) is 0 Å². The van der Waals surface area contributed by atoms with Gasteiger partial charge in [-0.05, 0) is 91.2 Å². The van der Waals surface area contributed by atoms with Crippen LogP contribution in [0.3, 0.4) is 0 Å². The molecular formula is C39H34ClN3O4S. The molecule has 0 aromatic heterocycles. The number of carbonyl (C=O) groups is 3. The first-order valence-electron chi connectivity index (χ1n) is 15.2. The molecule has 0 aliphatic rings. The highest BCUT2D eigenvalue weighted by Gasteiger charge is 2.18. The number of rotatable bonds is 12. The predicted octanol–water partition coefficient (Wildman–Crippen LogP) is 8.76. The molecule has 9 heteroatoms. The first kappa shape index (κ1) is 34.0. The molecule has 3 amide bonds. The number of benzene rings is 5. The van der Waals surface area contributed by atoms with Gasteiger partial charge < -0.3 is 20.7 Å². The van der Waals surface area contributed by atoms with Gasteiger partial charge in [0, 0.05) is 26.9 Å². The fourth-order valence-corrected chi connectivity index (χ4v) is 5.68. The third-order valence-corrected chi connectivity index (χ3v) is 8.53. The van der Waals surface area contributed by atoms with Crippen molar-refractivity contribution in [2.75, 3.05) is 10.6 Å². The molecule has 3 N–H and O–H groups in total. The summed E-state index contributed by atoms with van der Waals surface area (Å²) < 4.78 is 5.89. The van der Waals surface area contributed by atoms with Crippen LogP contribution in [0.5, 0.6) is 5.75 Å². The Bertz CT molecular complexity index is 1920. The Morgan fingerprint density at radius 3 is 2.25 bits per heavy atom. The molecule has 0 bridgehead atoms. The van der Waals surface area contributed by atoms with E-state index in [1.165, 1.54) is 11.8 Å². The van der Waals surface area contributed by atoms with Gasteiger partial charge in [0.1, 0.15) is 18.1 Å². The Morgan fingerprint density at radius 1 is 0.812 bits per heavy atom. The molecule has 5 aromatic rings. The second-order valence-corrected chi connectivity index (χ2v) is 12.8. The molecule has 0 heterocycles. The van der Waals surface area contributed by atoms with Gasteiger partial charge in [-0.2, -0.15) is 0 Å². The molecule has 0 saturated carbocycles. The van der Waals surface area contributed by atoms with E-state index in [4.69, 9.17) is 16.3 Å². The van der Waals surface area contributed by atoms with Gasteiger partial charge in [-0.3, -0.25) is 14.4 Å². The topological polar surface area (TPSA) is 96.5 Å². The Kier molecular flexibility index (Phi) is 11.7. The Hall–Kier alpha value is -5.31. The smallest absolute Gasteiger partial charge is 0.272 e. The van der Waals surface area contributed by atoms with Crippen molar-refractivity contribution < 1.29 is 19.1 Å². The number of amides is 3. The molecule has 48 heavy (non-hydrogen) atoms. The second kappa shape index (κ2) is 16.5. The van der Waals surface area contributed by atoms with Crippen LogP contribution in [0.1, 0.15) is 34.0 Å². The van der Waals surface area contributed by atoms with E-state index in [0.717, 1.165) is 16.0 Å². The molecule has 5 rings (SSSR count). The summed E-state index contributed by atoms with van der Waals surface area (Å²) in [4.78, 5) is 40.4. The van der Waals surface area contributed by atoms with E-state index in [-0.39, 0.29) is 11.6 Å². The minimum absolute atomic E-state index is 0.0597. The zero-order valence-electron chi connectivity index (χ0n) is 26.4. The van der Waals surface area contributed by atoms with Gasteiger partial charge in [0.2, 0.25) is 5.91 Å². The van der Waals surface area contributed by atoms with Crippen molar-refractivity contribution in [2.45, 2.75) is 30.6 Å². The Labute approximate surface area is 289 Å². The molecule has 0 aliphatic heterocycles. The zero-order chi connectivity index (χ0) is 33.9. The third-order valence-electron chi connectivity index (χ3n) is 7.20. The van der Waals surface area contributed by atoms with E-state index in [9.17, 15) is 14.4 Å². The van der Waals surface area contributed by atoms with Gasteiger partial charge in [-0.15, -0.1) is 11.8 Å². The lowest BCUT2D eigenvalue weighted by molar-refractivity contribution is -0.115. The summed E-state index contributed by atoms with van der Waals surface area (Å²) in [6, 6.07) is 38.3. The molecule has 1 unspecified atom stereocenters. The number of hydrogen-bond acceptors (Lipinski definition) is 5. The molecule has 0 aliphatic carbocycles. The second-order valence-electron chi connectivity index (χ2n) is 10.9. The molecule has 7 nitrogen and oxygen atoms in total. The highest BCUT2D eigenvalue weighted by Crippen LogP contribution is 2.28. The summed E-state index contributed by atoms with van der Waals surface area (Å²) in [7, 11) is 0. The first-order chi connectivity index (χ1) is 23.2. The summed E-state index contributed by atoms with van der Waals surface area (Å²) >= 11 is 7.46. The van der Waals surface area contributed by atoms with Crippen LogP contribution >= 0.6 is 23.4 Å². The lowest BCUT2D eigenvalue weighted by atomic mass is 10.1. The Balaban J connectivity index is 1.28. The van der Waals surface area contributed by atoms with Crippen molar-refractivity contribution in [2.24, 2.45) is 0 Å². The minimum atomic E-state index is -0.506. The number of thioether (sulfide) groups is 1. The van der Waals surface area contributed by atoms with Crippen LogP contribution in [0, 0.1) is 6.92 Å². The monoisotopic (exact) mass is 675 g/mol. The first-order valence-corrected chi connectivity index (χ1v) is 16.5. The summed E-state index contributed by atoms with van der Waals surface area (Å²) in [6.45, 7) is 4.14. The van der Waals surface area contributed by atoms with Crippen LogP contribution in [0.4, 0.5) is 11.4 Å². The minimum Gasteiger partial charge on any atom is -0.489 e. The van der Waals surface area contributed by atoms with Crippen LogP contribution in [-0.2, 0) is 16.2 Å². The predicted molar refractivity (Wildman–Crippen MR) is 194 cm³/mol. The van der Waals surface area contributed by atoms with Crippen LogP contribution in [0.15, 0.2) is 138 Å². The fourth-order valence-electron chi connectivity index (χ4n) is 4.58. The van der Waals surface area contributed by atoms with E-state index in [2.05, 4.69) is 16.0 Å². The maximum absolute atomic E-state index is 13.6. The molecule has 0 spiro atoms. The largest absolute Gasteiger partial charge is 0.489 e. The van der Waals surface area contributed by atoms with Gasteiger partial charge in [0.25, 0.3) is 11.8 Å². The van der Waals surface area contributed by atoms with Crippen LogP contribution < -0.4 is 20.7 Å². The average Bonchev–Trinajstić information content (AvgIpc) is 3.10. The number of aryl methyl sites for hydroxylation is 1. The summed E-state index contributed by atoms with van der Waals surface area (Å²) in [5.41, 5.74) is 4.30. The molecule has 0 fully saturated rings. The third kappa shape index (κ3) is 9.84. The lowest BCUT2D eigenvalue weighted by Crippen LogP contribution is -2.30. The van der Waals surface area contributed by atoms with Gasteiger partial charge in [-0.1, -0.05) is 84.4 Å². The van der Waals surface area contributed by atoms with Crippen molar-refractivity contribution in [1.82, 2.24) is 5.32 Å². The molecular weight excluding hydrogens is 642 g/mol. The molecule has 1 atom stereocenters. The van der Waals surface area contributed by atoms with E-state index in [0.29, 0.717) is 39.9 Å². The maximum atomic E-state index is 13.6. The van der Waals surface area contributed by atoms with Crippen molar-refractivity contribution >= 4 is 58.5 Å². The summed E-state index contributed by atoms with van der Waals surface area (Å²) in [5.74, 6) is -0.424. The van der Waals surface area contributed by atoms with Crippen molar-refractivity contribution in [3.05, 3.63) is 160 Å². The standard InChI is InChI=1S/C39H34ClN3O4S/c1-26-16-19-31(40)23-35(26)42-37(44)27(2)48-34-15-9-14-32(24-34)41-39(46)36(43-38(45)30-12-7-4-8-13-30)22-28-17-20-33(21-18-28)47-25-29-10-5-3-6-11-29/h3-24,27H,25H2,1-2H3,(H,41,46)(H,42,44)(H,43,45)/b36-22+. The van der Waals surface area contributed by atoms with E-state index in [1.807, 2.05) is 86.6 Å². The van der Waals surface area contributed by atoms with Crippen LogP contribution in [-0.4, -0.2) is 23.0 Å². The number of nitrogens with one attached hydrogen (secondary N) is 3. The molecule has 0 saturated heterocycles. The number of anilines is 2. The molecule has 5 aromatic carbocycles. The normalized spacial score (nSPS) is 11.7. The Morgan fingerprint density at radius 2 is 1.52 bits per heavy atom. The summed E-state index contributed by atoms with van der Waals surface area (Å²) in [6.07, 6.45) is 1.61. The number of ether oxygens (including phenoxy) is 1. The molecule has 0 radical (unpaired) electrons. The van der Waals surface area contributed by atoms with Gasteiger partial charge in [0.05, 0.1) is 5.25 Å².